The van der Waals surface area contributed by atoms with Gasteiger partial charge in [-0.25, -0.2) is 26.9 Å². The Bertz CT molecular complexity index is 843. The van der Waals surface area contributed by atoms with Gasteiger partial charge in [-0.1, -0.05) is 6.07 Å². The quantitative estimate of drug-likeness (QED) is 0.637. The second-order valence-corrected chi connectivity index (χ2v) is 8.34. The van der Waals surface area contributed by atoms with E-state index < -0.39 is 23.7 Å². The Kier molecular flexibility index (Phi) is 4.88. The van der Waals surface area contributed by atoms with E-state index in [0.29, 0.717) is 29.7 Å². The van der Waals surface area contributed by atoms with Crippen LogP contribution in [0, 0.1) is 11.7 Å². The number of hydrogen-bond acceptors (Lipinski definition) is 2. The SMILES string of the molecule is N[C@H](c1nc2c(F)c(C3CCC(F)(F)CC3)ccc2[nH]1)C1CCC(F)(F)CC1. The lowest BCUT2D eigenvalue weighted by atomic mass is 9.82. The number of nitrogens with zero attached hydrogens (tertiary/aromatic N) is 1. The van der Waals surface area contributed by atoms with Crippen molar-refractivity contribution >= 4 is 11.0 Å². The van der Waals surface area contributed by atoms with E-state index in [9.17, 15) is 17.6 Å². The van der Waals surface area contributed by atoms with Crippen molar-refractivity contribution in [2.24, 2.45) is 11.7 Å². The molecule has 0 spiro atoms. The van der Waals surface area contributed by atoms with E-state index in [2.05, 4.69) is 9.97 Å². The molecule has 2 saturated carbocycles. The van der Waals surface area contributed by atoms with Crippen molar-refractivity contribution in [1.82, 2.24) is 9.97 Å². The fourth-order valence-electron chi connectivity index (χ4n) is 4.55. The van der Waals surface area contributed by atoms with Gasteiger partial charge in [0, 0.05) is 25.7 Å². The van der Waals surface area contributed by atoms with Crippen LogP contribution >= 0.6 is 0 Å². The fourth-order valence-corrected chi connectivity index (χ4v) is 4.55. The number of rotatable bonds is 3. The van der Waals surface area contributed by atoms with Gasteiger partial charge >= 0.3 is 0 Å². The van der Waals surface area contributed by atoms with Crippen LogP contribution < -0.4 is 5.73 Å². The highest BCUT2D eigenvalue weighted by atomic mass is 19.3. The molecule has 0 aliphatic heterocycles. The summed E-state index contributed by atoms with van der Waals surface area (Å²) >= 11 is 0. The molecule has 8 heteroatoms. The maximum atomic E-state index is 15.1. The molecule has 154 valence electrons. The first-order valence-corrected chi connectivity index (χ1v) is 9.84. The lowest BCUT2D eigenvalue weighted by Gasteiger charge is -2.31. The molecule has 4 rings (SSSR count). The predicted molar refractivity (Wildman–Crippen MR) is 96.0 cm³/mol. The van der Waals surface area contributed by atoms with Gasteiger partial charge in [0.1, 0.15) is 11.3 Å². The molecule has 1 heterocycles. The average Bonchev–Trinajstić information content (AvgIpc) is 3.07. The van der Waals surface area contributed by atoms with Crippen molar-refractivity contribution in [3.05, 3.63) is 29.3 Å². The third-order valence-corrected chi connectivity index (χ3v) is 6.38. The van der Waals surface area contributed by atoms with Crippen LogP contribution in [0.5, 0.6) is 0 Å². The highest BCUT2D eigenvalue weighted by Crippen LogP contribution is 2.43. The van der Waals surface area contributed by atoms with Crippen LogP contribution in [-0.2, 0) is 0 Å². The second kappa shape index (κ2) is 6.97. The molecule has 3 nitrogen and oxygen atoms in total. The van der Waals surface area contributed by atoms with Crippen molar-refractivity contribution in [2.45, 2.75) is 75.2 Å². The zero-order chi connectivity index (χ0) is 20.1. The Balaban J connectivity index is 1.55. The first-order valence-electron chi connectivity index (χ1n) is 9.84. The molecule has 0 amide bonds. The summed E-state index contributed by atoms with van der Waals surface area (Å²) in [6.45, 7) is 0. The Morgan fingerprint density at radius 3 is 2.14 bits per heavy atom. The zero-order valence-electron chi connectivity index (χ0n) is 15.5. The zero-order valence-corrected chi connectivity index (χ0v) is 15.5. The molecule has 28 heavy (non-hydrogen) atoms. The number of hydrogen-bond donors (Lipinski definition) is 2. The van der Waals surface area contributed by atoms with Crippen LogP contribution in [0.25, 0.3) is 11.0 Å². The van der Waals surface area contributed by atoms with Crippen LogP contribution in [0.2, 0.25) is 0 Å². The number of alkyl halides is 4. The van der Waals surface area contributed by atoms with Gasteiger partial charge < -0.3 is 10.7 Å². The Morgan fingerprint density at radius 1 is 0.964 bits per heavy atom. The molecule has 1 aromatic carbocycles. The van der Waals surface area contributed by atoms with Gasteiger partial charge in [-0.05, 0) is 49.1 Å². The molecule has 2 fully saturated rings. The summed E-state index contributed by atoms with van der Waals surface area (Å²) in [5.41, 5.74) is 7.27. The van der Waals surface area contributed by atoms with E-state index in [4.69, 9.17) is 5.73 Å². The van der Waals surface area contributed by atoms with Crippen molar-refractivity contribution in [3.8, 4) is 0 Å². The number of nitrogens with two attached hydrogens (primary N) is 1. The van der Waals surface area contributed by atoms with E-state index in [1.165, 1.54) is 0 Å². The molecule has 2 aliphatic carbocycles. The average molecular weight is 401 g/mol. The molecule has 0 radical (unpaired) electrons. The van der Waals surface area contributed by atoms with Crippen LogP contribution in [0.3, 0.4) is 0 Å². The minimum Gasteiger partial charge on any atom is -0.341 e. The van der Waals surface area contributed by atoms with Gasteiger partial charge in [-0.2, -0.15) is 0 Å². The summed E-state index contributed by atoms with van der Waals surface area (Å²) in [5, 5.41) is 0. The monoisotopic (exact) mass is 401 g/mol. The summed E-state index contributed by atoms with van der Waals surface area (Å²) in [6.07, 6.45) is 0.207. The number of aromatic amines is 1. The Morgan fingerprint density at radius 2 is 1.54 bits per heavy atom. The highest BCUT2D eigenvalue weighted by Gasteiger charge is 2.38. The van der Waals surface area contributed by atoms with Gasteiger partial charge in [0.2, 0.25) is 11.8 Å². The Labute approximate surface area is 159 Å². The molecule has 0 bridgehead atoms. The number of H-pyrrole nitrogens is 1. The van der Waals surface area contributed by atoms with E-state index in [1.54, 1.807) is 12.1 Å². The highest BCUT2D eigenvalue weighted by molar-refractivity contribution is 5.77. The topological polar surface area (TPSA) is 54.7 Å². The number of imidazole rings is 1. The standard InChI is InChI=1S/C20H24F5N3/c21-15-13(11-3-7-19(22,23)8-4-11)1-2-14-17(15)28-18(27-14)16(26)12-5-9-20(24,25)10-6-12/h1-2,11-12,16H,3-10,26H2,(H,27,28)/t16-/m0/s1. The molecule has 2 aliphatic rings. The molecule has 3 N–H and O–H groups in total. The summed E-state index contributed by atoms with van der Waals surface area (Å²) in [4.78, 5) is 7.33. The molecule has 0 unspecified atom stereocenters. The first-order chi connectivity index (χ1) is 13.2. The molecule has 1 atom stereocenters. The first kappa shape index (κ1) is 19.6. The molecule has 0 saturated heterocycles. The van der Waals surface area contributed by atoms with E-state index >= 15 is 4.39 Å². The summed E-state index contributed by atoms with van der Waals surface area (Å²) < 4.78 is 68.6. The molecular weight excluding hydrogens is 377 g/mol. The summed E-state index contributed by atoms with van der Waals surface area (Å²) in [5.74, 6) is -5.81. The number of fused-ring (bicyclic) bond motifs is 1. The lowest BCUT2D eigenvalue weighted by Crippen LogP contribution is -2.31. The van der Waals surface area contributed by atoms with Gasteiger partial charge in [0.25, 0.3) is 0 Å². The van der Waals surface area contributed by atoms with Crippen molar-refractivity contribution in [2.75, 3.05) is 0 Å². The fraction of sp³-hybridized carbons (Fsp3) is 0.650. The molecule has 2 aromatic rings. The lowest BCUT2D eigenvalue weighted by molar-refractivity contribution is -0.0486. The summed E-state index contributed by atoms with van der Waals surface area (Å²) in [7, 11) is 0. The maximum Gasteiger partial charge on any atom is 0.248 e. The molecule has 1 aromatic heterocycles. The van der Waals surface area contributed by atoms with Gasteiger partial charge in [0.05, 0.1) is 11.6 Å². The molecular formula is C20H24F5N3. The van der Waals surface area contributed by atoms with Crippen LogP contribution in [0.4, 0.5) is 22.0 Å². The van der Waals surface area contributed by atoms with Crippen molar-refractivity contribution < 1.29 is 22.0 Å². The smallest absolute Gasteiger partial charge is 0.248 e. The largest absolute Gasteiger partial charge is 0.341 e. The van der Waals surface area contributed by atoms with Crippen molar-refractivity contribution in [1.29, 1.82) is 0 Å². The number of benzene rings is 1. The minimum absolute atomic E-state index is 0.136. The van der Waals surface area contributed by atoms with Crippen LogP contribution in [-0.4, -0.2) is 21.8 Å². The van der Waals surface area contributed by atoms with Gasteiger partial charge in [-0.3, -0.25) is 0 Å². The third kappa shape index (κ3) is 3.75. The van der Waals surface area contributed by atoms with E-state index in [-0.39, 0.29) is 55.9 Å². The van der Waals surface area contributed by atoms with Gasteiger partial charge in [0.15, 0.2) is 5.82 Å². The predicted octanol–water partition coefficient (Wildman–Crippen LogP) is 5.82. The number of aromatic nitrogens is 2. The minimum atomic E-state index is -2.67. The van der Waals surface area contributed by atoms with Crippen LogP contribution in [0.15, 0.2) is 12.1 Å². The van der Waals surface area contributed by atoms with Crippen LogP contribution in [0.1, 0.15) is 74.7 Å². The third-order valence-electron chi connectivity index (χ3n) is 6.38. The second-order valence-electron chi connectivity index (χ2n) is 8.34. The summed E-state index contributed by atoms with van der Waals surface area (Å²) in [6, 6.07) is 2.75. The number of halogens is 5. The normalized spacial score (nSPS) is 24.5. The van der Waals surface area contributed by atoms with E-state index in [1.807, 2.05) is 0 Å². The Hall–Kier alpha value is -1.70. The number of nitrogens with one attached hydrogen (secondary N) is 1. The van der Waals surface area contributed by atoms with Gasteiger partial charge in [-0.15, -0.1) is 0 Å². The maximum absolute atomic E-state index is 15.1. The van der Waals surface area contributed by atoms with Crippen molar-refractivity contribution in [3.63, 3.8) is 0 Å². The van der Waals surface area contributed by atoms with E-state index in [0.717, 1.165) is 0 Å².